The van der Waals surface area contributed by atoms with Crippen LogP contribution in [0.4, 0.5) is 0 Å². The fourth-order valence-electron chi connectivity index (χ4n) is 0.709. The Balaban J connectivity index is 4.40. The van der Waals surface area contributed by atoms with Crippen molar-refractivity contribution in [3.05, 3.63) is 11.5 Å². The maximum atomic E-state index is 9.41. The van der Waals surface area contributed by atoms with Crippen molar-refractivity contribution >= 4 is 5.71 Å². The molecule has 0 bridgehead atoms. The van der Waals surface area contributed by atoms with E-state index in [2.05, 4.69) is 4.99 Å². The summed E-state index contributed by atoms with van der Waals surface area (Å²) in [4.78, 5) is 3.99. The van der Waals surface area contributed by atoms with Crippen LogP contribution in [-0.2, 0) is 4.74 Å². The predicted molar refractivity (Wildman–Crippen MR) is 58.2 cm³/mol. The van der Waals surface area contributed by atoms with Crippen LogP contribution in [0.15, 0.2) is 16.4 Å². The Labute approximate surface area is 85.5 Å². The van der Waals surface area contributed by atoms with Gasteiger partial charge in [-0.05, 0) is 27.7 Å². The third kappa shape index (κ3) is 4.87. The van der Waals surface area contributed by atoms with Gasteiger partial charge < -0.3 is 15.6 Å². The monoisotopic (exact) mass is 200 g/mol. The lowest BCUT2D eigenvalue weighted by Crippen LogP contribution is -2.27. The molecule has 0 aliphatic carbocycles. The van der Waals surface area contributed by atoms with Crippen LogP contribution in [-0.4, -0.2) is 30.1 Å². The lowest BCUT2D eigenvalue weighted by atomic mass is 10.1. The molecule has 0 saturated heterocycles. The van der Waals surface area contributed by atoms with Crippen molar-refractivity contribution in [3.63, 3.8) is 0 Å². The summed E-state index contributed by atoms with van der Waals surface area (Å²) in [6, 6.07) is 0. The fraction of sp³-hybridized carbons (Fsp3) is 0.700. The normalized spacial score (nSPS) is 15.1. The van der Waals surface area contributed by atoms with Crippen LogP contribution in [0.2, 0.25) is 0 Å². The van der Waals surface area contributed by atoms with E-state index < -0.39 is 5.60 Å². The molecule has 0 saturated carbocycles. The first kappa shape index (κ1) is 13.0. The van der Waals surface area contributed by atoms with Crippen LogP contribution in [0.3, 0.4) is 0 Å². The second-order valence-corrected chi connectivity index (χ2v) is 3.90. The van der Waals surface area contributed by atoms with Crippen LogP contribution < -0.4 is 5.73 Å². The first-order valence-corrected chi connectivity index (χ1v) is 4.53. The lowest BCUT2D eigenvalue weighted by Gasteiger charge is -2.18. The Hall–Kier alpha value is -1.03. The molecule has 0 rings (SSSR count). The van der Waals surface area contributed by atoms with Gasteiger partial charge in [-0.25, -0.2) is 0 Å². The van der Waals surface area contributed by atoms with E-state index in [0.717, 1.165) is 11.3 Å². The van der Waals surface area contributed by atoms with Crippen LogP contribution in [0.5, 0.6) is 0 Å². The number of nitrogens with zero attached hydrogens (tertiary/aromatic N) is 1. The molecule has 3 N–H and O–H groups in total. The van der Waals surface area contributed by atoms with Gasteiger partial charge in [0.1, 0.15) is 6.61 Å². The summed E-state index contributed by atoms with van der Waals surface area (Å²) in [5.74, 6) is 0.315. The van der Waals surface area contributed by atoms with E-state index in [9.17, 15) is 5.11 Å². The van der Waals surface area contributed by atoms with Gasteiger partial charge >= 0.3 is 0 Å². The van der Waals surface area contributed by atoms with Crippen LogP contribution >= 0.6 is 0 Å². The summed E-state index contributed by atoms with van der Waals surface area (Å²) in [5, 5.41) is 9.41. The summed E-state index contributed by atoms with van der Waals surface area (Å²) < 4.78 is 5.22. The van der Waals surface area contributed by atoms with Crippen molar-refractivity contribution in [2.24, 2.45) is 10.7 Å². The Morgan fingerprint density at radius 3 is 2.29 bits per heavy atom. The summed E-state index contributed by atoms with van der Waals surface area (Å²) in [6.07, 6.45) is 0. The first-order chi connectivity index (χ1) is 6.28. The third-order valence-electron chi connectivity index (χ3n) is 1.83. The Morgan fingerprint density at radius 1 is 1.43 bits per heavy atom. The average Bonchev–Trinajstić information content (AvgIpc) is 2.10. The van der Waals surface area contributed by atoms with Gasteiger partial charge in [0, 0.05) is 18.3 Å². The van der Waals surface area contributed by atoms with Gasteiger partial charge in [-0.15, -0.1) is 0 Å². The largest absolute Gasteiger partial charge is 0.476 e. The number of nitrogens with two attached hydrogens (primary N) is 1. The standard InChI is InChI=1S/C10H20N2O2/c1-7(8(2)12-5)9(11)14-6-10(3,4)13/h13H,6,11H2,1-5H3. The van der Waals surface area contributed by atoms with Crippen molar-refractivity contribution in [1.82, 2.24) is 0 Å². The Bertz CT molecular complexity index is 249. The van der Waals surface area contributed by atoms with Crippen molar-refractivity contribution in [2.45, 2.75) is 33.3 Å². The highest BCUT2D eigenvalue weighted by molar-refractivity contribution is 5.97. The molecule has 0 atom stereocenters. The van der Waals surface area contributed by atoms with E-state index in [-0.39, 0.29) is 6.61 Å². The van der Waals surface area contributed by atoms with E-state index in [1.165, 1.54) is 0 Å². The SMILES string of the molecule is CN=C(C)C(C)=C(N)OCC(C)(C)O. The Kier molecular flexibility index (Phi) is 4.63. The number of allylic oxidation sites excluding steroid dienone is 1. The maximum Gasteiger partial charge on any atom is 0.188 e. The van der Waals surface area contributed by atoms with Gasteiger partial charge in [0.05, 0.1) is 5.60 Å². The van der Waals surface area contributed by atoms with E-state index in [0.29, 0.717) is 5.88 Å². The molecule has 0 aliphatic heterocycles. The molecule has 0 aromatic rings. The molecule has 4 nitrogen and oxygen atoms in total. The lowest BCUT2D eigenvalue weighted by molar-refractivity contribution is 0.00196. The predicted octanol–water partition coefficient (Wildman–Crippen LogP) is 1.05. The smallest absolute Gasteiger partial charge is 0.188 e. The van der Waals surface area contributed by atoms with Crippen molar-refractivity contribution in [2.75, 3.05) is 13.7 Å². The molecule has 0 heterocycles. The molecule has 4 heteroatoms. The van der Waals surface area contributed by atoms with Gasteiger partial charge in [-0.2, -0.15) is 0 Å². The zero-order valence-electron chi connectivity index (χ0n) is 9.59. The fourth-order valence-corrected chi connectivity index (χ4v) is 0.709. The number of aliphatic imine (C=N–C) groups is 1. The first-order valence-electron chi connectivity index (χ1n) is 4.53. The highest BCUT2D eigenvalue weighted by Gasteiger charge is 2.14. The van der Waals surface area contributed by atoms with Crippen LogP contribution in [0.25, 0.3) is 0 Å². The topological polar surface area (TPSA) is 67.8 Å². The van der Waals surface area contributed by atoms with E-state index in [1.54, 1.807) is 20.9 Å². The van der Waals surface area contributed by atoms with Crippen molar-refractivity contribution in [3.8, 4) is 0 Å². The minimum Gasteiger partial charge on any atom is -0.476 e. The molecule has 0 spiro atoms. The minimum absolute atomic E-state index is 0.174. The highest BCUT2D eigenvalue weighted by atomic mass is 16.5. The van der Waals surface area contributed by atoms with Gasteiger partial charge in [0.15, 0.2) is 5.88 Å². The number of hydrogen-bond donors (Lipinski definition) is 2. The second-order valence-electron chi connectivity index (χ2n) is 3.90. The van der Waals surface area contributed by atoms with Gasteiger partial charge in [-0.1, -0.05) is 0 Å². The molecule has 0 amide bonds. The molecule has 0 radical (unpaired) electrons. The molecule has 14 heavy (non-hydrogen) atoms. The number of hydrogen-bond acceptors (Lipinski definition) is 4. The Morgan fingerprint density at radius 2 is 1.93 bits per heavy atom. The minimum atomic E-state index is -0.873. The molecule has 0 aromatic carbocycles. The summed E-state index contributed by atoms with van der Waals surface area (Å²) >= 11 is 0. The van der Waals surface area contributed by atoms with E-state index in [4.69, 9.17) is 10.5 Å². The van der Waals surface area contributed by atoms with Crippen LogP contribution in [0, 0.1) is 0 Å². The van der Waals surface area contributed by atoms with E-state index in [1.807, 2.05) is 13.8 Å². The second kappa shape index (κ2) is 5.00. The quantitative estimate of drug-likeness (QED) is 0.526. The molecular formula is C10H20N2O2. The molecule has 0 aliphatic rings. The summed E-state index contributed by atoms with van der Waals surface area (Å²) in [5.41, 5.74) is 6.43. The number of aliphatic hydroxyl groups is 1. The summed E-state index contributed by atoms with van der Waals surface area (Å²) in [6.45, 7) is 7.19. The van der Waals surface area contributed by atoms with Gasteiger partial charge in [0.2, 0.25) is 0 Å². The van der Waals surface area contributed by atoms with Crippen molar-refractivity contribution < 1.29 is 9.84 Å². The maximum absolute atomic E-state index is 9.41. The highest BCUT2D eigenvalue weighted by Crippen LogP contribution is 2.07. The van der Waals surface area contributed by atoms with E-state index >= 15 is 0 Å². The number of ether oxygens (including phenoxy) is 1. The van der Waals surface area contributed by atoms with Gasteiger partial charge in [0.25, 0.3) is 0 Å². The zero-order valence-corrected chi connectivity index (χ0v) is 9.59. The van der Waals surface area contributed by atoms with Gasteiger partial charge in [-0.3, -0.25) is 4.99 Å². The van der Waals surface area contributed by atoms with Crippen molar-refractivity contribution in [1.29, 1.82) is 0 Å². The number of rotatable bonds is 4. The molecular weight excluding hydrogens is 180 g/mol. The molecule has 0 unspecified atom stereocenters. The summed E-state index contributed by atoms with van der Waals surface area (Å²) in [7, 11) is 1.70. The zero-order chi connectivity index (χ0) is 11.4. The van der Waals surface area contributed by atoms with Crippen LogP contribution in [0.1, 0.15) is 27.7 Å². The average molecular weight is 200 g/mol. The third-order valence-corrected chi connectivity index (χ3v) is 1.83. The molecule has 82 valence electrons. The molecule has 0 aromatic heterocycles. The molecule has 0 fully saturated rings.